The third-order valence-corrected chi connectivity index (χ3v) is 2.85. The van der Waals surface area contributed by atoms with Crippen LogP contribution in [0.15, 0.2) is 16.7 Å². The Morgan fingerprint density at radius 1 is 1.42 bits per heavy atom. The van der Waals surface area contributed by atoms with Crippen LogP contribution >= 0.6 is 15.9 Å². The number of aromatic nitrogens is 1. The van der Waals surface area contributed by atoms with Crippen molar-refractivity contribution in [2.24, 2.45) is 0 Å². The van der Waals surface area contributed by atoms with Crippen LogP contribution in [0.1, 0.15) is 23.8 Å². The molecule has 0 saturated heterocycles. The molecule has 104 valence electrons. The number of carbonyl (C=O) groups is 3. The Hall–Kier alpha value is -1.83. The molecule has 0 saturated carbocycles. The summed E-state index contributed by atoms with van der Waals surface area (Å²) in [5.41, 5.74) is 0.269. The smallest absolute Gasteiger partial charge is 0.326 e. The minimum Gasteiger partial charge on any atom is -0.481 e. The first kappa shape index (κ1) is 15.2. The van der Waals surface area contributed by atoms with Crippen LogP contribution in [0.25, 0.3) is 0 Å². The number of rotatable bonds is 6. The van der Waals surface area contributed by atoms with E-state index in [0.717, 1.165) is 0 Å². The first-order valence-electron chi connectivity index (χ1n) is 5.46. The maximum atomic E-state index is 11.9. The van der Waals surface area contributed by atoms with E-state index in [1.807, 2.05) is 6.92 Å². The van der Waals surface area contributed by atoms with Crippen LogP contribution < -0.4 is 5.32 Å². The maximum Gasteiger partial charge on any atom is 0.326 e. The molecule has 1 aromatic heterocycles. The minimum absolute atomic E-state index is 0.269. The molecular formula is C11H13BrN2O5. The van der Waals surface area contributed by atoms with E-state index in [4.69, 9.17) is 10.2 Å². The molecule has 1 aromatic rings. The molecule has 8 heteroatoms. The number of aryl methyl sites for hydroxylation is 1. The Balaban J connectivity index is 2.87. The zero-order valence-corrected chi connectivity index (χ0v) is 11.7. The molecule has 0 aromatic carbocycles. The van der Waals surface area contributed by atoms with Gasteiger partial charge in [0.15, 0.2) is 0 Å². The number of nitrogens with zero attached hydrogens (tertiary/aromatic N) is 1. The number of carbonyl (C=O) groups excluding carboxylic acids is 1. The van der Waals surface area contributed by atoms with E-state index < -0.39 is 30.3 Å². The van der Waals surface area contributed by atoms with Gasteiger partial charge in [-0.2, -0.15) is 0 Å². The van der Waals surface area contributed by atoms with Gasteiger partial charge in [-0.25, -0.2) is 4.79 Å². The van der Waals surface area contributed by atoms with Crippen molar-refractivity contribution in [2.45, 2.75) is 25.9 Å². The van der Waals surface area contributed by atoms with Crippen LogP contribution in [0.2, 0.25) is 0 Å². The summed E-state index contributed by atoms with van der Waals surface area (Å²) in [5.74, 6) is -3.30. The summed E-state index contributed by atoms with van der Waals surface area (Å²) >= 11 is 3.22. The summed E-state index contributed by atoms with van der Waals surface area (Å²) in [5, 5.41) is 19.6. The van der Waals surface area contributed by atoms with Gasteiger partial charge in [0.1, 0.15) is 11.7 Å². The number of hydrogen-bond donors (Lipinski definition) is 3. The highest BCUT2D eigenvalue weighted by atomic mass is 79.9. The van der Waals surface area contributed by atoms with Crippen LogP contribution in [0.5, 0.6) is 0 Å². The molecule has 0 bridgehead atoms. The second kappa shape index (κ2) is 6.37. The number of hydrogen-bond acceptors (Lipinski definition) is 3. The van der Waals surface area contributed by atoms with Crippen molar-refractivity contribution < 1.29 is 24.6 Å². The van der Waals surface area contributed by atoms with Crippen molar-refractivity contribution in [3.05, 3.63) is 22.4 Å². The molecule has 0 spiro atoms. The molecule has 0 unspecified atom stereocenters. The fraction of sp³-hybridized carbons (Fsp3) is 0.364. The zero-order chi connectivity index (χ0) is 14.6. The first-order valence-corrected chi connectivity index (χ1v) is 6.25. The fourth-order valence-corrected chi connectivity index (χ4v) is 2.00. The largest absolute Gasteiger partial charge is 0.481 e. The molecule has 19 heavy (non-hydrogen) atoms. The molecule has 0 aliphatic heterocycles. The van der Waals surface area contributed by atoms with Crippen LogP contribution in [0, 0.1) is 0 Å². The molecule has 1 rings (SSSR count). The van der Waals surface area contributed by atoms with Crippen LogP contribution in [0.4, 0.5) is 0 Å². The summed E-state index contributed by atoms with van der Waals surface area (Å²) in [6.45, 7) is 2.36. The molecule has 0 radical (unpaired) electrons. The SMILES string of the molecule is CCn1cc(Br)cc1C(=O)N[C@@H](CC(=O)O)C(=O)O. The van der Waals surface area contributed by atoms with Crippen LogP contribution in [0.3, 0.4) is 0 Å². The zero-order valence-electron chi connectivity index (χ0n) is 10.1. The number of aliphatic carboxylic acids is 2. The number of amides is 1. The summed E-state index contributed by atoms with van der Waals surface area (Å²) < 4.78 is 2.31. The van der Waals surface area contributed by atoms with E-state index in [1.165, 1.54) is 0 Å². The molecule has 1 heterocycles. The molecule has 1 amide bonds. The van der Waals surface area contributed by atoms with Crippen LogP contribution in [-0.4, -0.2) is 38.7 Å². The lowest BCUT2D eigenvalue weighted by molar-refractivity contribution is -0.145. The molecular weight excluding hydrogens is 320 g/mol. The van der Waals surface area contributed by atoms with Gasteiger partial charge in [0.05, 0.1) is 6.42 Å². The van der Waals surface area contributed by atoms with Gasteiger partial charge < -0.3 is 20.1 Å². The second-order valence-electron chi connectivity index (χ2n) is 3.79. The van der Waals surface area contributed by atoms with Crippen molar-refractivity contribution in [1.82, 2.24) is 9.88 Å². The topological polar surface area (TPSA) is 109 Å². The Morgan fingerprint density at radius 2 is 2.05 bits per heavy atom. The first-order chi connectivity index (χ1) is 8.85. The number of halogens is 1. The summed E-state index contributed by atoms with van der Waals surface area (Å²) in [6, 6.07) is 0.0855. The average molecular weight is 333 g/mol. The lowest BCUT2D eigenvalue weighted by Gasteiger charge is -2.13. The predicted octanol–water partition coefficient (Wildman–Crippen LogP) is 0.928. The summed E-state index contributed by atoms with van der Waals surface area (Å²) in [7, 11) is 0. The summed E-state index contributed by atoms with van der Waals surface area (Å²) in [6.07, 6.45) is 1.01. The number of nitrogens with one attached hydrogen (secondary N) is 1. The highest BCUT2D eigenvalue weighted by Gasteiger charge is 2.24. The molecule has 7 nitrogen and oxygen atoms in total. The Bertz CT molecular complexity index is 511. The highest BCUT2D eigenvalue weighted by molar-refractivity contribution is 9.10. The third kappa shape index (κ3) is 4.09. The molecule has 0 aliphatic rings. The van der Waals surface area contributed by atoms with E-state index in [1.54, 1.807) is 16.8 Å². The maximum absolute atomic E-state index is 11.9. The van der Waals surface area contributed by atoms with Crippen molar-refractivity contribution in [1.29, 1.82) is 0 Å². The summed E-state index contributed by atoms with van der Waals surface area (Å²) in [4.78, 5) is 33.3. The molecule has 0 fully saturated rings. The Kier molecular flexibility index (Phi) is 5.11. The van der Waals surface area contributed by atoms with Gasteiger partial charge in [-0.3, -0.25) is 9.59 Å². The van der Waals surface area contributed by atoms with E-state index in [2.05, 4.69) is 21.2 Å². The van der Waals surface area contributed by atoms with E-state index in [0.29, 0.717) is 11.0 Å². The van der Waals surface area contributed by atoms with Gasteiger partial charge in [0.25, 0.3) is 5.91 Å². The van der Waals surface area contributed by atoms with Crippen molar-refractivity contribution in [3.8, 4) is 0 Å². The predicted molar refractivity (Wildman–Crippen MR) is 68.9 cm³/mol. The molecule has 1 atom stereocenters. The standard InChI is InChI=1S/C11H13BrN2O5/c1-2-14-5-6(12)3-8(14)10(17)13-7(11(18)19)4-9(15)16/h3,5,7H,2,4H2,1H3,(H,13,17)(H,15,16)(H,18,19)/t7-/m0/s1. The molecule has 3 N–H and O–H groups in total. The van der Waals surface area contributed by atoms with Gasteiger partial charge in [0, 0.05) is 17.2 Å². The van der Waals surface area contributed by atoms with E-state index in [9.17, 15) is 14.4 Å². The van der Waals surface area contributed by atoms with Crippen molar-refractivity contribution >= 4 is 33.8 Å². The Labute approximate surface area is 117 Å². The monoisotopic (exact) mass is 332 g/mol. The van der Waals surface area contributed by atoms with Gasteiger partial charge in [-0.15, -0.1) is 0 Å². The van der Waals surface area contributed by atoms with E-state index >= 15 is 0 Å². The normalized spacial score (nSPS) is 11.9. The van der Waals surface area contributed by atoms with Gasteiger partial charge >= 0.3 is 11.9 Å². The van der Waals surface area contributed by atoms with Gasteiger partial charge in [-0.05, 0) is 28.9 Å². The number of carboxylic acids is 2. The van der Waals surface area contributed by atoms with Gasteiger partial charge in [-0.1, -0.05) is 0 Å². The lowest BCUT2D eigenvalue weighted by atomic mass is 10.2. The third-order valence-electron chi connectivity index (χ3n) is 2.42. The fourth-order valence-electron chi connectivity index (χ4n) is 1.53. The van der Waals surface area contributed by atoms with Crippen molar-refractivity contribution in [2.75, 3.05) is 0 Å². The second-order valence-corrected chi connectivity index (χ2v) is 4.71. The quantitative estimate of drug-likeness (QED) is 0.718. The van der Waals surface area contributed by atoms with Crippen LogP contribution in [-0.2, 0) is 16.1 Å². The number of carboxylic acid groups (broad SMARTS) is 2. The lowest BCUT2D eigenvalue weighted by Crippen LogP contribution is -2.42. The minimum atomic E-state index is -1.45. The highest BCUT2D eigenvalue weighted by Crippen LogP contribution is 2.15. The molecule has 0 aliphatic carbocycles. The van der Waals surface area contributed by atoms with E-state index in [-0.39, 0.29) is 5.69 Å². The Morgan fingerprint density at radius 3 is 2.53 bits per heavy atom. The average Bonchev–Trinajstić information content (AvgIpc) is 2.68. The van der Waals surface area contributed by atoms with Crippen molar-refractivity contribution in [3.63, 3.8) is 0 Å². The van der Waals surface area contributed by atoms with Gasteiger partial charge in [0.2, 0.25) is 0 Å².